The molecule has 162 valence electrons. The van der Waals surface area contributed by atoms with Crippen molar-refractivity contribution in [3.8, 4) is 0 Å². The minimum Gasteiger partial charge on any atom is -0.398 e. The second-order valence-corrected chi connectivity index (χ2v) is 9.49. The first-order chi connectivity index (χ1) is 15.5. The second-order valence-electron chi connectivity index (χ2n) is 7.43. The molecule has 0 spiro atoms. The molecule has 1 aliphatic rings. The third kappa shape index (κ3) is 3.22. The number of benzene rings is 2. The van der Waals surface area contributed by atoms with E-state index in [9.17, 15) is 9.59 Å². The van der Waals surface area contributed by atoms with Gasteiger partial charge in [-0.25, -0.2) is 0 Å². The lowest BCUT2D eigenvalue weighted by molar-refractivity contribution is -0.674. The zero-order valence-electron chi connectivity index (χ0n) is 18.0. The number of fused-ring (bicyclic) bond motifs is 2. The van der Waals surface area contributed by atoms with Crippen molar-refractivity contribution in [2.24, 2.45) is 0 Å². The van der Waals surface area contributed by atoms with E-state index in [4.69, 9.17) is 4.42 Å². The summed E-state index contributed by atoms with van der Waals surface area (Å²) < 4.78 is 11.5. The van der Waals surface area contributed by atoms with E-state index >= 15 is 0 Å². The Morgan fingerprint density at radius 2 is 1.97 bits per heavy atom. The van der Waals surface area contributed by atoms with Crippen molar-refractivity contribution in [1.29, 1.82) is 0 Å². The van der Waals surface area contributed by atoms with Gasteiger partial charge in [0.25, 0.3) is 11.1 Å². The van der Waals surface area contributed by atoms with Gasteiger partial charge in [0.1, 0.15) is 27.1 Å². The predicted octanol–water partition coefficient (Wildman–Crippen LogP) is 2.93. The summed E-state index contributed by atoms with van der Waals surface area (Å²) >= 11 is 3.03. The van der Waals surface area contributed by atoms with E-state index in [0.717, 1.165) is 50.1 Å². The summed E-state index contributed by atoms with van der Waals surface area (Å²) in [5, 5.41) is 0.882. The standard InChI is InChI=1S/C24H22N3O3S2/c1-4-26-16-8-6-7-9-18(16)30-20(26)13-21-27(5-2)23(29)22(32-21)24-25(3)17-12-15(14-28)10-11-19(17)31-24/h6-14H,4-5H2,1-3H3/q+1. The molecule has 0 amide bonds. The first kappa shape index (κ1) is 20.8. The number of thiazole rings is 1. The summed E-state index contributed by atoms with van der Waals surface area (Å²) in [7, 11) is 1.94. The van der Waals surface area contributed by atoms with Crippen LogP contribution in [-0.4, -0.2) is 17.9 Å². The molecule has 2 aromatic heterocycles. The Balaban J connectivity index is 1.72. The highest BCUT2D eigenvalue weighted by Gasteiger charge is 2.25. The van der Waals surface area contributed by atoms with E-state index in [1.54, 1.807) is 22.4 Å². The van der Waals surface area contributed by atoms with Gasteiger partial charge in [-0.2, -0.15) is 4.57 Å². The van der Waals surface area contributed by atoms with Gasteiger partial charge >= 0.3 is 5.89 Å². The minimum atomic E-state index is -0.0133. The number of hydrogen-bond acceptors (Lipinski definition) is 6. The van der Waals surface area contributed by atoms with Gasteiger partial charge < -0.3 is 9.32 Å². The topological polar surface area (TPSA) is 59.3 Å². The molecule has 0 bridgehead atoms. The Bertz CT molecular complexity index is 1540. The number of nitrogens with zero attached hydrogens (tertiary/aromatic N) is 3. The maximum atomic E-state index is 13.3. The summed E-state index contributed by atoms with van der Waals surface area (Å²) in [5.41, 5.74) is 3.41. The molecule has 0 fully saturated rings. The molecule has 3 heterocycles. The van der Waals surface area contributed by atoms with E-state index in [1.165, 1.54) is 11.3 Å². The monoisotopic (exact) mass is 464 g/mol. The van der Waals surface area contributed by atoms with Gasteiger partial charge in [-0.05, 0) is 32.0 Å². The highest BCUT2D eigenvalue weighted by Crippen LogP contribution is 2.45. The number of anilines is 1. The van der Waals surface area contributed by atoms with E-state index in [2.05, 4.69) is 11.5 Å². The largest absolute Gasteiger partial charge is 0.398 e. The highest BCUT2D eigenvalue weighted by atomic mass is 32.2. The van der Waals surface area contributed by atoms with Crippen molar-refractivity contribution < 1.29 is 13.8 Å². The lowest BCUT2D eigenvalue weighted by atomic mass is 10.2. The number of aromatic nitrogens is 2. The van der Waals surface area contributed by atoms with Gasteiger partial charge in [-0.15, -0.1) is 11.3 Å². The molecule has 32 heavy (non-hydrogen) atoms. The molecular formula is C24H22N3O3S2+. The van der Waals surface area contributed by atoms with Crippen LogP contribution in [0.3, 0.4) is 0 Å². The summed E-state index contributed by atoms with van der Waals surface area (Å²) in [6.45, 7) is 5.39. The van der Waals surface area contributed by atoms with Crippen LogP contribution in [0.15, 0.2) is 56.6 Å². The molecule has 5 rings (SSSR count). The SMILES string of the molecule is CCn1c(=Cc2oc3ccccc3[n+]2CC)sc(=C2Sc3ccc(C=O)cc3N2C)c1=O. The molecule has 0 N–H and O–H groups in total. The fourth-order valence-corrected chi connectivity index (χ4v) is 6.42. The molecule has 0 unspecified atom stereocenters. The van der Waals surface area contributed by atoms with Gasteiger partial charge in [-0.1, -0.05) is 30.0 Å². The quantitative estimate of drug-likeness (QED) is 0.343. The molecule has 0 atom stereocenters. The summed E-state index contributed by atoms with van der Waals surface area (Å²) in [5.74, 6) is 0.722. The fraction of sp³-hybridized carbons (Fsp3) is 0.208. The second kappa shape index (κ2) is 8.11. The lowest BCUT2D eigenvalue weighted by Crippen LogP contribution is -2.36. The third-order valence-corrected chi connectivity index (χ3v) is 8.10. The maximum Gasteiger partial charge on any atom is 0.377 e. The van der Waals surface area contributed by atoms with Crippen LogP contribution in [0.25, 0.3) is 22.2 Å². The number of rotatable bonds is 4. The van der Waals surface area contributed by atoms with Crippen molar-refractivity contribution >= 4 is 57.3 Å². The average Bonchev–Trinajstić information content (AvgIpc) is 3.44. The van der Waals surface area contributed by atoms with Crippen LogP contribution >= 0.6 is 23.1 Å². The van der Waals surface area contributed by atoms with E-state index in [0.29, 0.717) is 16.6 Å². The lowest BCUT2D eigenvalue weighted by Gasteiger charge is -2.12. The third-order valence-electron chi connectivity index (χ3n) is 5.61. The van der Waals surface area contributed by atoms with E-state index < -0.39 is 0 Å². The number of carbonyl (C=O) groups excluding carboxylic acids is 1. The number of hydrogen-bond donors (Lipinski definition) is 0. The Hall–Kier alpha value is -3.10. The van der Waals surface area contributed by atoms with E-state index in [1.807, 2.05) is 61.3 Å². The Morgan fingerprint density at radius 3 is 2.72 bits per heavy atom. The van der Waals surface area contributed by atoms with Crippen molar-refractivity contribution in [2.75, 3.05) is 11.9 Å². The minimum absolute atomic E-state index is 0.0133. The van der Waals surface area contributed by atoms with Crippen LogP contribution in [0.2, 0.25) is 0 Å². The Labute approximate surface area is 192 Å². The van der Waals surface area contributed by atoms with Crippen molar-refractivity contribution in [1.82, 2.24) is 4.57 Å². The fourth-order valence-electron chi connectivity index (χ4n) is 4.00. The smallest absolute Gasteiger partial charge is 0.377 e. The molecule has 4 aromatic rings. The zero-order valence-corrected chi connectivity index (χ0v) is 19.6. The number of aldehydes is 1. The number of aryl methyl sites for hydroxylation is 1. The number of thioether (sulfide) groups is 1. The molecule has 8 heteroatoms. The molecule has 1 aliphatic heterocycles. The van der Waals surface area contributed by atoms with Crippen LogP contribution in [0.1, 0.15) is 30.1 Å². The summed E-state index contributed by atoms with van der Waals surface area (Å²) in [6, 6.07) is 13.5. The van der Waals surface area contributed by atoms with Crippen molar-refractivity contribution in [3.05, 3.63) is 73.5 Å². The molecule has 0 saturated heterocycles. The molecular weight excluding hydrogens is 442 g/mol. The Morgan fingerprint density at radius 1 is 1.16 bits per heavy atom. The molecule has 0 radical (unpaired) electrons. The van der Waals surface area contributed by atoms with E-state index in [-0.39, 0.29) is 5.56 Å². The average molecular weight is 465 g/mol. The van der Waals surface area contributed by atoms with Gasteiger partial charge in [0, 0.05) is 30.1 Å². The van der Waals surface area contributed by atoms with Crippen molar-refractivity contribution in [2.45, 2.75) is 31.8 Å². The maximum absolute atomic E-state index is 13.3. The van der Waals surface area contributed by atoms with Crippen molar-refractivity contribution in [3.63, 3.8) is 0 Å². The molecule has 0 aliphatic carbocycles. The molecule has 6 nitrogen and oxygen atoms in total. The van der Waals surface area contributed by atoms with Crippen LogP contribution in [0, 0.1) is 0 Å². The number of carbonyl (C=O) groups is 1. The van der Waals surface area contributed by atoms with Crippen LogP contribution in [0.4, 0.5) is 5.69 Å². The number of para-hydroxylation sites is 2. The number of oxazole rings is 1. The van der Waals surface area contributed by atoms with Gasteiger partial charge in [-0.3, -0.25) is 14.2 Å². The summed E-state index contributed by atoms with van der Waals surface area (Å²) in [6.07, 6.45) is 2.80. The normalized spacial score (nSPS) is 15.6. The van der Waals surface area contributed by atoms with Crippen LogP contribution in [-0.2, 0) is 13.1 Å². The summed E-state index contributed by atoms with van der Waals surface area (Å²) in [4.78, 5) is 27.6. The first-order valence-corrected chi connectivity index (χ1v) is 12.1. The predicted molar refractivity (Wildman–Crippen MR) is 129 cm³/mol. The molecule has 2 aromatic carbocycles. The van der Waals surface area contributed by atoms with Gasteiger partial charge in [0.15, 0.2) is 0 Å². The Kier molecular flexibility index (Phi) is 5.27. The molecule has 0 saturated carbocycles. The van der Waals surface area contributed by atoms with Gasteiger partial charge in [0.2, 0.25) is 5.58 Å². The first-order valence-electron chi connectivity index (χ1n) is 10.4. The van der Waals surface area contributed by atoms with Crippen LogP contribution in [0.5, 0.6) is 0 Å². The highest BCUT2D eigenvalue weighted by molar-refractivity contribution is 8.08. The van der Waals surface area contributed by atoms with Crippen LogP contribution < -0.4 is 24.2 Å². The zero-order chi connectivity index (χ0) is 22.4. The van der Waals surface area contributed by atoms with Gasteiger partial charge in [0.05, 0.1) is 11.8 Å².